The highest BCUT2D eigenvalue weighted by molar-refractivity contribution is 5.94. The SMILES string of the molecule is CC(C)CC[C@H]1[C@H]2C[C@H](CN(C(=O)c3ccc4nccn4c3)C2)c2cccc(=O)n21. The number of hydrogen-bond acceptors (Lipinski definition) is 3. The second-order valence-corrected chi connectivity index (χ2v) is 9.21. The maximum Gasteiger partial charge on any atom is 0.255 e. The molecule has 0 radical (unpaired) electrons. The maximum atomic E-state index is 13.4. The Labute approximate surface area is 176 Å². The van der Waals surface area contributed by atoms with E-state index in [9.17, 15) is 9.59 Å². The van der Waals surface area contributed by atoms with E-state index in [0.29, 0.717) is 30.5 Å². The van der Waals surface area contributed by atoms with Gasteiger partial charge >= 0.3 is 0 Å². The van der Waals surface area contributed by atoms with Gasteiger partial charge in [-0.3, -0.25) is 9.59 Å². The number of amides is 1. The molecule has 0 aliphatic carbocycles. The Bertz CT molecular complexity index is 1150. The van der Waals surface area contributed by atoms with Crippen LogP contribution in [0, 0.1) is 11.8 Å². The number of piperidine rings is 1. The monoisotopic (exact) mass is 404 g/mol. The highest BCUT2D eigenvalue weighted by Gasteiger charge is 2.41. The van der Waals surface area contributed by atoms with E-state index in [2.05, 4.69) is 24.9 Å². The van der Waals surface area contributed by atoms with Crippen molar-refractivity contribution >= 4 is 11.6 Å². The van der Waals surface area contributed by atoms with Crippen molar-refractivity contribution in [2.24, 2.45) is 11.8 Å². The fourth-order valence-electron chi connectivity index (χ4n) is 5.31. The molecule has 156 valence electrons. The van der Waals surface area contributed by atoms with Gasteiger partial charge in [0.25, 0.3) is 11.5 Å². The summed E-state index contributed by atoms with van der Waals surface area (Å²) in [6.45, 7) is 5.82. The number of likely N-dealkylation sites (tertiary alicyclic amines) is 1. The highest BCUT2D eigenvalue weighted by atomic mass is 16.2. The summed E-state index contributed by atoms with van der Waals surface area (Å²) in [5, 5.41) is 0. The lowest BCUT2D eigenvalue weighted by Crippen LogP contribution is -2.51. The average molecular weight is 405 g/mol. The van der Waals surface area contributed by atoms with Gasteiger partial charge in [0.1, 0.15) is 5.65 Å². The number of imidazole rings is 1. The van der Waals surface area contributed by atoms with Crippen molar-refractivity contribution < 1.29 is 4.79 Å². The molecule has 1 saturated heterocycles. The van der Waals surface area contributed by atoms with Crippen molar-refractivity contribution in [1.29, 1.82) is 0 Å². The molecule has 0 unspecified atom stereocenters. The van der Waals surface area contributed by atoms with Gasteiger partial charge in [0, 0.05) is 55.4 Å². The molecule has 3 aromatic heterocycles. The van der Waals surface area contributed by atoms with Gasteiger partial charge < -0.3 is 13.9 Å². The van der Waals surface area contributed by atoms with Crippen LogP contribution in [-0.2, 0) is 0 Å². The van der Waals surface area contributed by atoms with Crippen molar-refractivity contribution in [2.45, 2.75) is 45.1 Å². The molecule has 2 aliphatic rings. The molecular weight excluding hydrogens is 376 g/mol. The zero-order valence-electron chi connectivity index (χ0n) is 17.6. The van der Waals surface area contributed by atoms with E-state index in [0.717, 1.165) is 30.6 Å². The van der Waals surface area contributed by atoms with Crippen LogP contribution in [0.25, 0.3) is 5.65 Å². The highest BCUT2D eigenvalue weighted by Crippen LogP contribution is 2.43. The molecule has 0 aromatic carbocycles. The van der Waals surface area contributed by atoms with E-state index in [1.54, 1.807) is 12.3 Å². The second kappa shape index (κ2) is 7.42. The zero-order valence-corrected chi connectivity index (χ0v) is 17.6. The molecule has 3 atom stereocenters. The molecule has 0 N–H and O–H groups in total. The second-order valence-electron chi connectivity index (χ2n) is 9.21. The Morgan fingerprint density at radius 1 is 1.20 bits per heavy atom. The molecule has 1 amide bonds. The van der Waals surface area contributed by atoms with Crippen molar-refractivity contribution in [3.63, 3.8) is 0 Å². The summed E-state index contributed by atoms with van der Waals surface area (Å²) in [5.74, 6) is 1.19. The van der Waals surface area contributed by atoms with Gasteiger partial charge in [-0.25, -0.2) is 4.98 Å². The third-order valence-corrected chi connectivity index (χ3v) is 6.76. The van der Waals surface area contributed by atoms with Gasteiger partial charge in [0.2, 0.25) is 0 Å². The molecule has 0 spiro atoms. The fraction of sp³-hybridized carbons (Fsp3) is 0.458. The van der Waals surface area contributed by atoms with E-state index >= 15 is 0 Å². The molecule has 6 nitrogen and oxygen atoms in total. The maximum absolute atomic E-state index is 13.4. The first kappa shape index (κ1) is 19.1. The van der Waals surface area contributed by atoms with E-state index < -0.39 is 0 Å². The van der Waals surface area contributed by atoms with E-state index in [1.807, 2.05) is 44.5 Å². The van der Waals surface area contributed by atoms with Crippen LogP contribution in [0.3, 0.4) is 0 Å². The molecular formula is C24H28N4O2. The molecule has 5 rings (SSSR count). The van der Waals surface area contributed by atoms with E-state index in [-0.39, 0.29) is 23.4 Å². The zero-order chi connectivity index (χ0) is 20.8. The lowest BCUT2D eigenvalue weighted by atomic mass is 9.76. The number of rotatable bonds is 4. The topological polar surface area (TPSA) is 59.6 Å². The van der Waals surface area contributed by atoms with Gasteiger partial charge in [-0.05, 0) is 49.3 Å². The normalized spacial score (nSPS) is 23.0. The number of fused-ring (bicyclic) bond motifs is 5. The third-order valence-electron chi connectivity index (χ3n) is 6.76. The minimum absolute atomic E-state index is 0.0645. The summed E-state index contributed by atoms with van der Waals surface area (Å²) >= 11 is 0. The Balaban J connectivity index is 1.47. The number of hydrogen-bond donors (Lipinski definition) is 0. The Hall–Kier alpha value is -2.89. The minimum atomic E-state index is 0.0645. The Morgan fingerprint density at radius 2 is 2.07 bits per heavy atom. The fourth-order valence-corrected chi connectivity index (χ4v) is 5.31. The predicted molar refractivity (Wildman–Crippen MR) is 116 cm³/mol. The van der Waals surface area contributed by atoms with Crippen LogP contribution in [0.1, 0.15) is 61.1 Å². The Kier molecular flexibility index (Phi) is 4.72. The molecule has 2 aliphatic heterocycles. The first-order valence-corrected chi connectivity index (χ1v) is 10.9. The van der Waals surface area contributed by atoms with Crippen molar-refractivity contribution in [3.05, 3.63) is 70.5 Å². The lowest BCUT2D eigenvalue weighted by Gasteiger charge is -2.47. The smallest absolute Gasteiger partial charge is 0.255 e. The first-order chi connectivity index (χ1) is 14.5. The lowest BCUT2D eigenvalue weighted by molar-refractivity contribution is 0.0513. The Morgan fingerprint density at radius 3 is 2.90 bits per heavy atom. The van der Waals surface area contributed by atoms with E-state index in [1.165, 1.54) is 0 Å². The average Bonchev–Trinajstić information content (AvgIpc) is 3.21. The summed E-state index contributed by atoms with van der Waals surface area (Å²) in [6.07, 6.45) is 8.58. The molecule has 6 heteroatoms. The van der Waals surface area contributed by atoms with Crippen LogP contribution in [0.2, 0.25) is 0 Å². The summed E-state index contributed by atoms with van der Waals surface area (Å²) in [7, 11) is 0. The number of nitrogens with zero attached hydrogens (tertiary/aromatic N) is 4. The van der Waals surface area contributed by atoms with Crippen molar-refractivity contribution in [1.82, 2.24) is 18.9 Å². The van der Waals surface area contributed by atoms with Gasteiger partial charge in [-0.15, -0.1) is 0 Å². The van der Waals surface area contributed by atoms with Gasteiger partial charge in [-0.2, -0.15) is 0 Å². The molecule has 2 bridgehead atoms. The quantitative estimate of drug-likeness (QED) is 0.666. The molecule has 30 heavy (non-hydrogen) atoms. The summed E-state index contributed by atoms with van der Waals surface area (Å²) in [6, 6.07) is 9.54. The molecule has 1 fully saturated rings. The van der Waals surface area contributed by atoms with Crippen LogP contribution in [-0.4, -0.2) is 37.8 Å². The largest absolute Gasteiger partial charge is 0.338 e. The number of pyridine rings is 2. The van der Waals surface area contributed by atoms with Crippen LogP contribution < -0.4 is 5.56 Å². The van der Waals surface area contributed by atoms with Gasteiger partial charge in [0.05, 0.1) is 5.56 Å². The third kappa shape index (κ3) is 3.24. The summed E-state index contributed by atoms with van der Waals surface area (Å²) in [4.78, 5) is 32.4. The van der Waals surface area contributed by atoms with E-state index in [4.69, 9.17) is 0 Å². The number of carbonyl (C=O) groups is 1. The standard InChI is InChI=1S/C24H28N4O2/c1-16(2)6-8-21-19-12-18(20-4-3-5-23(29)28(20)21)14-27(15-19)24(30)17-7-9-22-25-10-11-26(22)13-17/h3-5,7,9-11,13,16,18-19,21H,6,8,12,14-15H2,1-2H3/t18-,19+,21+/m1/s1. The van der Waals surface area contributed by atoms with Crippen LogP contribution in [0.5, 0.6) is 0 Å². The van der Waals surface area contributed by atoms with Crippen LogP contribution >= 0.6 is 0 Å². The summed E-state index contributed by atoms with van der Waals surface area (Å²) in [5.41, 5.74) is 2.71. The van der Waals surface area contributed by atoms with Gasteiger partial charge in [0.15, 0.2) is 0 Å². The van der Waals surface area contributed by atoms with Crippen molar-refractivity contribution in [3.8, 4) is 0 Å². The van der Waals surface area contributed by atoms with Gasteiger partial charge in [-0.1, -0.05) is 19.9 Å². The predicted octanol–water partition coefficient (Wildman–Crippen LogP) is 3.73. The number of aromatic nitrogens is 3. The summed E-state index contributed by atoms with van der Waals surface area (Å²) < 4.78 is 3.93. The molecule has 3 aromatic rings. The molecule has 0 saturated carbocycles. The first-order valence-electron chi connectivity index (χ1n) is 10.9. The minimum Gasteiger partial charge on any atom is -0.338 e. The molecule has 5 heterocycles. The van der Waals surface area contributed by atoms with Crippen LogP contribution in [0.4, 0.5) is 0 Å². The van der Waals surface area contributed by atoms with Crippen molar-refractivity contribution in [2.75, 3.05) is 13.1 Å². The van der Waals surface area contributed by atoms with Crippen LogP contribution in [0.15, 0.2) is 53.7 Å². The number of carbonyl (C=O) groups excluding carboxylic acids is 1.